The normalized spacial score (nSPS) is 16.5. The van der Waals surface area contributed by atoms with Crippen LogP contribution in [-0.2, 0) is 16.6 Å². The summed E-state index contributed by atoms with van der Waals surface area (Å²) in [6.07, 6.45) is 2.70. The van der Waals surface area contributed by atoms with Gasteiger partial charge in [-0.25, -0.2) is 13.6 Å². The fourth-order valence-corrected chi connectivity index (χ4v) is 5.18. The number of thiophene rings is 2. The number of hydrogen-bond acceptors (Lipinski definition) is 5. The van der Waals surface area contributed by atoms with Gasteiger partial charge in [0, 0.05) is 16.8 Å². The van der Waals surface area contributed by atoms with Gasteiger partial charge in [-0.05, 0) is 37.4 Å². The molecule has 0 aromatic carbocycles. The van der Waals surface area contributed by atoms with Gasteiger partial charge < -0.3 is 5.32 Å². The molecule has 1 saturated carbocycles. The quantitative estimate of drug-likeness (QED) is 0.888. The first-order valence-corrected chi connectivity index (χ1v) is 8.96. The lowest BCUT2D eigenvalue weighted by Crippen LogP contribution is -2.15. The second-order valence-corrected chi connectivity index (χ2v) is 8.88. The highest BCUT2D eigenvalue weighted by Gasteiger charge is 2.20. The Hall–Kier alpha value is -0.470. The van der Waals surface area contributed by atoms with Crippen molar-refractivity contribution >= 4 is 42.1 Å². The zero-order valence-electron chi connectivity index (χ0n) is 9.68. The second kappa shape index (κ2) is 4.57. The van der Waals surface area contributed by atoms with Crippen LogP contribution in [0.4, 0.5) is 0 Å². The summed E-state index contributed by atoms with van der Waals surface area (Å²) in [5.41, 5.74) is 0. The van der Waals surface area contributed by atoms with Crippen LogP contribution >= 0.6 is 22.7 Å². The van der Waals surface area contributed by atoms with Crippen molar-refractivity contribution in [2.45, 2.75) is 23.6 Å². The number of rotatable bonds is 5. The van der Waals surface area contributed by atoms with Crippen molar-refractivity contribution in [1.82, 2.24) is 5.32 Å². The lowest BCUT2D eigenvalue weighted by molar-refractivity contribution is 0.600. The van der Waals surface area contributed by atoms with E-state index in [4.69, 9.17) is 5.14 Å². The molecule has 0 radical (unpaired) electrons. The second-order valence-electron chi connectivity index (χ2n) is 4.64. The van der Waals surface area contributed by atoms with Gasteiger partial charge >= 0.3 is 0 Å². The monoisotopic (exact) mass is 302 g/mol. The Morgan fingerprint density at radius 3 is 2.72 bits per heavy atom. The first kappa shape index (κ1) is 12.6. The number of primary sulfonamides is 1. The lowest BCUT2D eigenvalue weighted by atomic mass is 10.3. The Kier molecular flexibility index (Phi) is 3.19. The molecular formula is C11H14N2O2S3. The van der Waals surface area contributed by atoms with Gasteiger partial charge in [-0.2, -0.15) is 0 Å². The fraction of sp³-hybridized carbons (Fsp3) is 0.455. The van der Waals surface area contributed by atoms with E-state index in [0.29, 0.717) is 0 Å². The van der Waals surface area contributed by atoms with Gasteiger partial charge in [-0.1, -0.05) is 0 Å². The van der Waals surface area contributed by atoms with E-state index in [1.807, 2.05) is 6.07 Å². The number of fused-ring (bicyclic) bond motifs is 1. The summed E-state index contributed by atoms with van der Waals surface area (Å²) in [6.45, 7) is 1.96. The van der Waals surface area contributed by atoms with Crippen LogP contribution in [-0.4, -0.2) is 15.0 Å². The van der Waals surface area contributed by atoms with Gasteiger partial charge in [0.25, 0.3) is 0 Å². The molecule has 18 heavy (non-hydrogen) atoms. The van der Waals surface area contributed by atoms with E-state index in [2.05, 4.69) is 5.32 Å². The number of sulfonamides is 1. The maximum absolute atomic E-state index is 11.2. The molecule has 0 bridgehead atoms. The van der Waals surface area contributed by atoms with Crippen molar-refractivity contribution in [1.29, 1.82) is 0 Å². The minimum absolute atomic E-state index is 0.251. The molecular weight excluding hydrogens is 288 g/mol. The molecule has 3 N–H and O–H groups in total. The molecule has 0 atom stereocenters. The highest BCUT2D eigenvalue weighted by atomic mass is 32.2. The predicted octanol–water partition coefficient (Wildman–Crippen LogP) is 2.11. The maximum Gasteiger partial charge on any atom is 0.247 e. The van der Waals surface area contributed by atoms with Gasteiger partial charge in [0.15, 0.2) is 0 Å². The molecule has 1 fully saturated rings. The van der Waals surface area contributed by atoms with E-state index in [1.165, 1.54) is 29.1 Å². The molecule has 7 heteroatoms. The van der Waals surface area contributed by atoms with Crippen LogP contribution in [0.3, 0.4) is 0 Å². The molecule has 0 aliphatic heterocycles. The lowest BCUT2D eigenvalue weighted by Gasteiger charge is -1.99. The van der Waals surface area contributed by atoms with Crippen LogP contribution in [0.25, 0.3) is 9.40 Å². The molecule has 0 spiro atoms. The van der Waals surface area contributed by atoms with Crippen molar-refractivity contribution in [3.05, 3.63) is 17.0 Å². The molecule has 2 aromatic heterocycles. The topological polar surface area (TPSA) is 72.2 Å². The third-order valence-electron chi connectivity index (χ3n) is 2.95. The summed E-state index contributed by atoms with van der Waals surface area (Å²) in [6, 6.07) is 3.71. The van der Waals surface area contributed by atoms with Crippen LogP contribution in [0.5, 0.6) is 0 Å². The van der Waals surface area contributed by atoms with Crippen molar-refractivity contribution in [3.63, 3.8) is 0 Å². The van der Waals surface area contributed by atoms with E-state index in [-0.39, 0.29) is 4.21 Å². The molecule has 4 nitrogen and oxygen atoms in total. The Morgan fingerprint density at radius 1 is 1.33 bits per heavy atom. The summed E-state index contributed by atoms with van der Waals surface area (Å²) in [7, 11) is -3.56. The largest absolute Gasteiger partial charge is 0.312 e. The van der Waals surface area contributed by atoms with Gasteiger partial charge in [-0.15, -0.1) is 22.7 Å². The average Bonchev–Trinajstić information content (AvgIpc) is 2.84. The molecule has 2 heterocycles. The molecule has 98 valence electrons. The number of nitrogens with one attached hydrogen (secondary N) is 1. The standard InChI is InChI=1S/C11H14N2O2S3/c12-18(14,15)10-4-8-3-9(16-11(8)17-10)6-13-5-7-1-2-7/h3-4,7,13H,1-2,5-6H2,(H2,12,14,15). The summed E-state index contributed by atoms with van der Waals surface area (Å²) < 4.78 is 23.7. The van der Waals surface area contributed by atoms with E-state index < -0.39 is 10.0 Å². The molecule has 1 aliphatic carbocycles. The Balaban J connectivity index is 1.73. The fourth-order valence-electron chi connectivity index (χ4n) is 1.82. The highest BCUT2D eigenvalue weighted by Crippen LogP contribution is 2.35. The Bertz CT molecular complexity index is 636. The summed E-state index contributed by atoms with van der Waals surface area (Å²) >= 11 is 2.90. The zero-order valence-corrected chi connectivity index (χ0v) is 12.1. The molecule has 0 saturated heterocycles. The van der Waals surface area contributed by atoms with E-state index >= 15 is 0 Å². The number of nitrogens with two attached hydrogens (primary N) is 1. The van der Waals surface area contributed by atoms with E-state index in [0.717, 1.165) is 28.4 Å². The van der Waals surface area contributed by atoms with E-state index in [9.17, 15) is 8.42 Å². The van der Waals surface area contributed by atoms with Gasteiger partial charge in [0.1, 0.15) is 4.21 Å². The average molecular weight is 302 g/mol. The smallest absolute Gasteiger partial charge is 0.247 e. The third kappa shape index (κ3) is 2.75. The Labute approximate surface area is 114 Å². The predicted molar refractivity (Wildman–Crippen MR) is 75.5 cm³/mol. The SMILES string of the molecule is NS(=O)(=O)c1cc2cc(CNCC3CC3)sc2s1. The van der Waals surface area contributed by atoms with Crippen molar-refractivity contribution < 1.29 is 8.42 Å². The van der Waals surface area contributed by atoms with Crippen LogP contribution in [0, 0.1) is 5.92 Å². The molecule has 3 rings (SSSR count). The van der Waals surface area contributed by atoms with Gasteiger partial charge in [-0.3, -0.25) is 0 Å². The zero-order chi connectivity index (χ0) is 12.8. The molecule has 2 aromatic rings. The summed E-state index contributed by atoms with van der Waals surface area (Å²) in [5.74, 6) is 0.875. The van der Waals surface area contributed by atoms with Crippen LogP contribution in [0.15, 0.2) is 16.3 Å². The maximum atomic E-state index is 11.2. The molecule has 0 amide bonds. The van der Waals surface area contributed by atoms with Crippen LogP contribution in [0.2, 0.25) is 0 Å². The summed E-state index contributed by atoms with van der Waals surface area (Å²) in [5, 5.41) is 9.53. The van der Waals surface area contributed by atoms with E-state index in [1.54, 1.807) is 17.4 Å². The molecule has 0 unspecified atom stereocenters. The molecule has 1 aliphatic rings. The van der Waals surface area contributed by atoms with Crippen molar-refractivity contribution in [2.75, 3.05) is 6.54 Å². The van der Waals surface area contributed by atoms with Crippen LogP contribution < -0.4 is 10.5 Å². The first-order chi connectivity index (χ1) is 8.52. The van der Waals surface area contributed by atoms with Gasteiger partial charge in [0.05, 0.1) is 4.01 Å². The summed E-state index contributed by atoms with van der Waals surface area (Å²) in [4.78, 5) is 1.25. The third-order valence-corrected chi connectivity index (χ3v) is 6.76. The Morgan fingerprint density at radius 2 is 2.11 bits per heavy atom. The van der Waals surface area contributed by atoms with Crippen LogP contribution in [0.1, 0.15) is 17.7 Å². The van der Waals surface area contributed by atoms with Gasteiger partial charge in [0.2, 0.25) is 10.0 Å². The van der Waals surface area contributed by atoms with Crippen molar-refractivity contribution in [2.24, 2.45) is 11.1 Å². The minimum Gasteiger partial charge on any atom is -0.312 e. The first-order valence-electron chi connectivity index (χ1n) is 5.78. The number of hydrogen-bond donors (Lipinski definition) is 2. The van der Waals surface area contributed by atoms with Crippen molar-refractivity contribution in [3.8, 4) is 0 Å². The minimum atomic E-state index is -3.56. The highest BCUT2D eigenvalue weighted by molar-refractivity contribution is 7.91.